The second-order valence-corrected chi connectivity index (χ2v) is 4.75. The van der Waals surface area contributed by atoms with Crippen LogP contribution in [0.25, 0.3) is 0 Å². The van der Waals surface area contributed by atoms with Crippen molar-refractivity contribution in [2.24, 2.45) is 0 Å². The van der Waals surface area contributed by atoms with E-state index in [1.165, 1.54) is 10.5 Å². The van der Waals surface area contributed by atoms with Crippen LogP contribution in [0, 0.1) is 18.8 Å². The second-order valence-electron chi connectivity index (χ2n) is 3.69. The molecule has 1 atom stereocenters. The molecular weight excluding hydrogens is 214 g/mol. The van der Waals surface area contributed by atoms with Crippen molar-refractivity contribution in [3.63, 3.8) is 0 Å². The summed E-state index contributed by atoms with van der Waals surface area (Å²) in [6, 6.07) is 8.98. The molecule has 0 amide bonds. The Labute approximate surface area is 103 Å². The van der Waals surface area contributed by atoms with Crippen LogP contribution in [0.15, 0.2) is 29.2 Å². The maximum absolute atomic E-state index is 3.30. The maximum Gasteiger partial charge on any atom is 0.0268 e. The van der Waals surface area contributed by atoms with Crippen molar-refractivity contribution in [3.8, 4) is 11.8 Å². The second kappa shape index (κ2) is 7.38. The molecule has 0 aliphatic carbocycles. The van der Waals surface area contributed by atoms with E-state index in [0.717, 1.165) is 12.2 Å². The van der Waals surface area contributed by atoms with Crippen molar-refractivity contribution >= 4 is 11.8 Å². The minimum atomic E-state index is 0.469. The molecular formula is C14H19NS. The molecule has 0 aliphatic heterocycles. The van der Waals surface area contributed by atoms with Crippen molar-refractivity contribution in [3.05, 3.63) is 29.8 Å². The Morgan fingerprint density at radius 3 is 2.75 bits per heavy atom. The lowest BCUT2D eigenvalue weighted by atomic mass is 10.2. The zero-order valence-corrected chi connectivity index (χ0v) is 11.0. The van der Waals surface area contributed by atoms with E-state index < -0.39 is 0 Å². The Morgan fingerprint density at radius 2 is 2.12 bits per heavy atom. The van der Waals surface area contributed by atoms with E-state index in [1.807, 2.05) is 25.7 Å². The fourth-order valence-corrected chi connectivity index (χ4v) is 2.51. The Kier molecular flexibility index (Phi) is 6.07. The lowest BCUT2D eigenvalue weighted by Crippen LogP contribution is -2.27. The van der Waals surface area contributed by atoms with E-state index >= 15 is 0 Å². The van der Waals surface area contributed by atoms with Gasteiger partial charge in [0.15, 0.2) is 0 Å². The van der Waals surface area contributed by atoms with Crippen LogP contribution in [0.3, 0.4) is 0 Å². The third-order valence-electron chi connectivity index (χ3n) is 2.47. The molecule has 1 rings (SSSR count). The van der Waals surface area contributed by atoms with E-state index in [4.69, 9.17) is 0 Å². The molecule has 0 bridgehead atoms. The van der Waals surface area contributed by atoms with Crippen LogP contribution in [-0.2, 0) is 0 Å². The Bertz CT molecular complexity index is 376. The van der Waals surface area contributed by atoms with Gasteiger partial charge in [-0.1, -0.05) is 18.2 Å². The van der Waals surface area contributed by atoms with Crippen LogP contribution >= 0.6 is 11.8 Å². The van der Waals surface area contributed by atoms with E-state index in [0.29, 0.717) is 6.04 Å². The van der Waals surface area contributed by atoms with Crippen molar-refractivity contribution in [2.45, 2.75) is 31.2 Å². The largest absolute Gasteiger partial charge is 0.315 e. The minimum absolute atomic E-state index is 0.469. The molecule has 0 aliphatic rings. The fourth-order valence-electron chi connectivity index (χ4n) is 1.38. The molecule has 2 heteroatoms. The number of aryl methyl sites for hydroxylation is 1. The summed E-state index contributed by atoms with van der Waals surface area (Å²) in [5.41, 5.74) is 1.35. The van der Waals surface area contributed by atoms with Gasteiger partial charge in [-0.05, 0) is 32.5 Å². The number of rotatable bonds is 5. The quantitative estimate of drug-likeness (QED) is 0.619. The Hall–Kier alpha value is -0.910. The zero-order chi connectivity index (χ0) is 11.8. The van der Waals surface area contributed by atoms with Crippen LogP contribution in [0.2, 0.25) is 0 Å². The first-order valence-electron chi connectivity index (χ1n) is 5.53. The highest BCUT2D eigenvalue weighted by molar-refractivity contribution is 7.99. The van der Waals surface area contributed by atoms with Crippen molar-refractivity contribution in [2.75, 3.05) is 12.8 Å². The zero-order valence-electron chi connectivity index (χ0n) is 10.2. The van der Waals surface area contributed by atoms with Crippen LogP contribution in [0.4, 0.5) is 0 Å². The van der Waals surface area contributed by atoms with Gasteiger partial charge in [0.25, 0.3) is 0 Å². The van der Waals surface area contributed by atoms with Crippen molar-refractivity contribution in [1.82, 2.24) is 5.32 Å². The number of benzene rings is 1. The fraction of sp³-hybridized carbons (Fsp3) is 0.429. The summed E-state index contributed by atoms with van der Waals surface area (Å²) in [5, 5.41) is 3.30. The number of hydrogen-bond acceptors (Lipinski definition) is 2. The first-order chi connectivity index (χ1) is 7.77. The van der Waals surface area contributed by atoms with Gasteiger partial charge >= 0.3 is 0 Å². The first-order valence-corrected chi connectivity index (χ1v) is 6.51. The lowest BCUT2D eigenvalue weighted by Gasteiger charge is -2.13. The van der Waals surface area contributed by atoms with Crippen molar-refractivity contribution in [1.29, 1.82) is 0 Å². The molecule has 0 aromatic heterocycles. The third kappa shape index (κ3) is 4.30. The molecule has 1 aromatic carbocycles. The molecule has 1 nitrogen and oxygen atoms in total. The highest BCUT2D eigenvalue weighted by Crippen LogP contribution is 2.22. The predicted octanol–water partition coefficient (Wildman–Crippen LogP) is 3.09. The Balaban J connectivity index is 2.48. The van der Waals surface area contributed by atoms with Crippen LogP contribution in [-0.4, -0.2) is 18.8 Å². The average Bonchev–Trinajstić information content (AvgIpc) is 2.31. The highest BCUT2D eigenvalue weighted by Gasteiger charge is 2.05. The highest BCUT2D eigenvalue weighted by atomic mass is 32.2. The third-order valence-corrected chi connectivity index (χ3v) is 3.81. The molecule has 86 valence electrons. The summed E-state index contributed by atoms with van der Waals surface area (Å²) in [6.45, 7) is 4.05. The number of hydrogen-bond donors (Lipinski definition) is 1. The normalized spacial score (nSPS) is 11.7. The van der Waals surface area contributed by atoms with E-state index in [-0.39, 0.29) is 0 Å². The lowest BCUT2D eigenvalue weighted by molar-refractivity contribution is 0.636. The molecule has 0 fully saturated rings. The van der Waals surface area contributed by atoms with Gasteiger partial charge in [0.1, 0.15) is 0 Å². The standard InChI is InChI=1S/C14H19NS/c1-4-5-9-13(15-3)11-16-14-10-7-6-8-12(14)2/h6-8,10,13,15H,9,11H2,1-3H3. The monoisotopic (exact) mass is 233 g/mol. The smallest absolute Gasteiger partial charge is 0.0268 e. The van der Waals surface area contributed by atoms with E-state index in [2.05, 4.69) is 48.3 Å². The Morgan fingerprint density at radius 1 is 1.38 bits per heavy atom. The van der Waals surface area contributed by atoms with E-state index in [9.17, 15) is 0 Å². The maximum atomic E-state index is 3.30. The summed E-state index contributed by atoms with van der Waals surface area (Å²) >= 11 is 1.90. The predicted molar refractivity (Wildman–Crippen MR) is 72.8 cm³/mol. The molecule has 0 radical (unpaired) electrons. The molecule has 0 spiro atoms. The summed E-state index contributed by atoms with van der Waals surface area (Å²) in [7, 11) is 2.00. The van der Waals surface area contributed by atoms with Gasteiger partial charge < -0.3 is 5.32 Å². The molecule has 0 heterocycles. The SMILES string of the molecule is CC#CCC(CSc1ccccc1C)NC. The van der Waals surface area contributed by atoms with Gasteiger partial charge in [-0.15, -0.1) is 23.6 Å². The molecule has 1 unspecified atom stereocenters. The van der Waals surface area contributed by atoms with Gasteiger partial charge in [-0.3, -0.25) is 0 Å². The van der Waals surface area contributed by atoms with Crippen molar-refractivity contribution < 1.29 is 0 Å². The molecule has 1 N–H and O–H groups in total. The van der Waals surface area contributed by atoms with Gasteiger partial charge in [0.05, 0.1) is 0 Å². The molecule has 1 aromatic rings. The average molecular weight is 233 g/mol. The first kappa shape index (κ1) is 13.2. The summed E-state index contributed by atoms with van der Waals surface area (Å²) in [4.78, 5) is 1.37. The van der Waals surface area contributed by atoms with Gasteiger partial charge in [-0.25, -0.2) is 0 Å². The number of thioether (sulfide) groups is 1. The summed E-state index contributed by atoms with van der Waals surface area (Å²) < 4.78 is 0. The summed E-state index contributed by atoms with van der Waals surface area (Å²) in [5.74, 6) is 7.13. The van der Waals surface area contributed by atoms with Gasteiger partial charge in [0.2, 0.25) is 0 Å². The number of nitrogens with one attached hydrogen (secondary N) is 1. The van der Waals surface area contributed by atoms with Crippen LogP contribution in [0.5, 0.6) is 0 Å². The molecule has 16 heavy (non-hydrogen) atoms. The van der Waals surface area contributed by atoms with Gasteiger partial charge in [-0.2, -0.15) is 0 Å². The molecule has 0 saturated heterocycles. The van der Waals surface area contributed by atoms with Crippen LogP contribution < -0.4 is 5.32 Å². The summed E-state index contributed by atoms with van der Waals surface area (Å²) in [6.07, 6.45) is 0.923. The molecule has 0 saturated carbocycles. The van der Waals surface area contributed by atoms with Gasteiger partial charge in [0, 0.05) is 23.1 Å². The minimum Gasteiger partial charge on any atom is -0.315 e. The van der Waals surface area contributed by atoms with E-state index in [1.54, 1.807) is 0 Å². The topological polar surface area (TPSA) is 12.0 Å². The van der Waals surface area contributed by atoms with Crippen LogP contribution in [0.1, 0.15) is 18.9 Å².